The normalized spacial score (nSPS) is 10.1. The Morgan fingerprint density at radius 1 is 1.31 bits per heavy atom. The van der Waals surface area contributed by atoms with Crippen LogP contribution in [0.4, 0.5) is 5.69 Å². The summed E-state index contributed by atoms with van der Waals surface area (Å²) < 4.78 is 5.24. The van der Waals surface area contributed by atoms with E-state index in [9.17, 15) is 4.79 Å². The van der Waals surface area contributed by atoms with Crippen molar-refractivity contribution in [3.05, 3.63) is 46.9 Å². The Balaban J connectivity index is 2.58. The predicted molar refractivity (Wildman–Crippen MR) is 63.5 cm³/mol. The average Bonchev–Trinajstić information content (AvgIpc) is 2.32. The standard InChI is InChI=1S/C12H12N2O2/c1-16-11-5-3-2-4-9(11)8-6-10(13)12(15)14-7-8/h2-7H,13H2,1H3,(H,14,15). The second-order valence-electron chi connectivity index (χ2n) is 3.37. The first-order valence-corrected chi connectivity index (χ1v) is 4.84. The van der Waals surface area contributed by atoms with Gasteiger partial charge in [0.1, 0.15) is 5.75 Å². The topological polar surface area (TPSA) is 68.1 Å². The van der Waals surface area contributed by atoms with Crippen LogP contribution in [-0.2, 0) is 0 Å². The fourth-order valence-corrected chi connectivity index (χ4v) is 1.54. The largest absolute Gasteiger partial charge is 0.496 e. The highest BCUT2D eigenvalue weighted by Gasteiger charge is 2.05. The zero-order valence-electron chi connectivity index (χ0n) is 8.86. The van der Waals surface area contributed by atoms with Crippen molar-refractivity contribution >= 4 is 5.69 Å². The van der Waals surface area contributed by atoms with E-state index in [0.717, 1.165) is 16.9 Å². The van der Waals surface area contributed by atoms with Gasteiger partial charge in [-0.15, -0.1) is 0 Å². The monoisotopic (exact) mass is 216 g/mol. The molecule has 0 fully saturated rings. The number of methoxy groups -OCH3 is 1. The molecule has 0 bridgehead atoms. The van der Waals surface area contributed by atoms with E-state index in [4.69, 9.17) is 10.5 Å². The van der Waals surface area contributed by atoms with Gasteiger partial charge in [0, 0.05) is 17.3 Å². The summed E-state index contributed by atoms with van der Waals surface area (Å²) in [5.41, 5.74) is 7.21. The van der Waals surface area contributed by atoms with Gasteiger partial charge in [-0.25, -0.2) is 0 Å². The molecule has 4 nitrogen and oxygen atoms in total. The lowest BCUT2D eigenvalue weighted by Crippen LogP contribution is -2.10. The molecular formula is C12H12N2O2. The third-order valence-corrected chi connectivity index (χ3v) is 2.35. The molecule has 0 atom stereocenters. The van der Waals surface area contributed by atoms with Crippen LogP contribution in [0, 0.1) is 0 Å². The SMILES string of the molecule is COc1ccccc1-c1c[nH]c(=O)c(N)c1. The molecule has 0 aliphatic heterocycles. The van der Waals surface area contributed by atoms with Crippen LogP contribution in [0.15, 0.2) is 41.3 Å². The molecule has 0 saturated carbocycles. The van der Waals surface area contributed by atoms with E-state index in [1.54, 1.807) is 19.4 Å². The molecule has 1 heterocycles. The molecule has 0 unspecified atom stereocenters. The number of aromatic nitrogens is 1. The summed E-state index contributed by atoms with van der Waals surface area (Å²) in [6.07, 6.45) is 1.62. The molecule has 4 heteroatoms. The Kier molecular flexibility index (Phi) is 2.64. The summed E-state index contributed by atoms with van der Waals surface area (Å²) in [7, 11) is 1.61. The summed E-state index contributed by atoms with van der Waals surface area (Å²) in [5, 5.41) is 0. The summed E-state index contributed by atoms with van der Waals surface area (Å²) in [4.78, 5) is 13.7. The number of benzene rings is 1. The third-order valence-electron chi connectivity index (χ3n) is 2.35. The molecule has 2 aromatic rings. The van der Waals surface area contributed by atoms with E-state index in [-0.39, 0.29) is 11.2 Å². The van der Waals surface area contributed by atoms with Gasteiger partial charge in [-0.3, -0.25) is 4.79 Å². The fraction of sp³-hybridized carbons (Fsp3) is 0.0833. The number of nitrogen functional groups attached to an aromatic ring is 1. The molecule has 0 aliphatic rings. The number of aromatic amines is 1. The van der Waals surface area contributed by atoms with Gasteiger partial charge in [0.2, 0.25) is 0 Å². The first kappa shape index (κ1) is 10.3. The first-order chi connectivity index (χ1) is 7.72. The minimum Gasteiger partial charge on any atom is -0.496 e. The first-order valence-electron chi connectivity index (χ1n) is 4.84. The average molecular weight is 216 g/mol. The second-order valence-corrected chi connectivity index (χ2v) is 3.37. The fourth-order valence-electron chi connectivity index (χ4n) is 1.54. The summed E-state index contributed by atoms with van der Waals surface area (Å²) in [5.74, 6) is 0.744. The third kappa shape index (κ3) is 1.77. The maximum absolute atomic E-state index is 11.1. The van der Waals surface area contributed by atoms with Crippen LogP contribution in [0.25, 0.3) is 11.1 Å². The van der Waals surface area contributed by atoms with Crippen molar-refractivity contribution in [3.8, 4) is 16.9 Å². The van der Waals surface area contributed by atoms with Crippen LogP contribution in [0.2, 0.25) is 0 Å². The number of ether oxygens (including phenoxy) is 1. The Bertz CT molecular complexity index is 561. The quantitative estimate of drug-likeness (QED) is 0.801. The Morgan fingerprint density at radius 3 is 2.75 bits per heavy atom. The number of rotatable bonds is 2. The lowest BCUT2D eigenvalue weighted by molar-refractivity contribution is 0.416. The molecule has 0 aliphatic carbocycles. The smallest absolute Gasteiger partial charge is 0.271 e. The predicted octanol–water partition coefficient (Wildman–Crippen LogP) is 1.63. The molecule has 0 radical (unpaired) electrons. The molecule has 0 saturated heterocycles. The zero-order valence-corrected chi connectivity index (χ0v) is 8.86. The molecule has 3 N–H and O–H groups in total. The van der Waals surface area contributed by atoms with E-state index in [2.05, 4.69) is 4.98 Å². The van der Waals surface area contributed by atoms with Gasteiger partial charge in [0.15, 0.2) is 0 Å². The number of hydrogen-bond donors (Lipinski definition) is 2. The van der Waals surface area contributed by atoms with Gasteiger partial charge in [-0.05, 0) is 12.1 Å². The number of H-pyrrole nitrogens is 1. The van der Waals surface area contributed by atoms with Gasteiger partial charge >= 0.3 is 0 Å². The van der Waals surface area contributed by atoms with Gasteiger partial charge in [0.25, 0.3) is 5.56 Å². The van der Waals surface area contributed by atoms with Crippen LogP contribution < -0.4 is 16.0 Å². The van der Waals surface area contributed by atoms with Crippen molar-refractivity contribution in [3.63, 3.8) is 0 Å². The van der Waals surface area contributed by atoms with Gasteiger partial charge < -0.3 is 15.5 Å². The maximum atomic E-state index is 11.1. The van der Waals surface area contributed by atoms with Crippen molar-refractivity contribution < 1.29 is 4.74 Å². The van der Waals surface area contributed by atoms with E-state index >= 15 is 0 Å². The van der Waals surface area contributed by atoms with Crippen molar-refractivity contribution in [2.45, 2.75) is 0 Å². The van der Waals surface area contributed by atoms with Crippen LogP contribution in [-0.4, -0.2) is 12.1 Å². The van der Waals surface area contributed by atoms with Crippen LogP contribution in [0.3, 0.4) is 0 Å². The lowest BCUT2D eigenvalue weighted by Gasteiger charge is -2.08. The maximum Gasteiger partial charge on any atom is 0.271 e. The van der Waals surface area contributed by atoms with E-state index in [0.29, 0.717) is 0 Å². The number of anilines is 1. The minimum atomic E-state index is -0.279. The molecule has 82 valence electrons. The van der Waals surface area contributed by atoms with E-state index < -0.39 is 0 Å². The van der Waals surface area contributed by atoms with Crippen molar-refractivity contribution in [2.24, 2.45) is 0 Å². The Labute approximate surface area is 92.7 Å². The number of para-hydroxylation sites is 1. The molecule has 0 amide bonds. The number of pyridine rings is 1. The van der Waals surface area contributed by atoms with E-state index in [1.807, 2.05) is 24.3 Å². The lowest BCUT2D eigenvalue weighted by atomic mass is 10.1. The zero-order chi connectivity index (χ0) is 11.5. The molecule has 1 aromatic carbocycles. The Hall–Kier alpha value is -2.23. The van der Waals surface area contributed by atoms with Crippen molar-refractivity contribution in [2.75, 3.05) is 12.8 Å². The molecule has 16 heavy (non-hydrogen) atoms. The summed E-state index contributed by atoms with van der Waals surface area (Å²) in [6.45, 7) is 0. The highest BCUT2D eigenvalue weighted by molar-refractivity contribution is 5.71. The van der Waals surface area contributed by atoms with Gasteiger partial charge in [0.05, 0.1) is 12.8 Å². The highest BCUT2D eigenvalue weighted by atomic mass is 16.5. The van der Waals surface area contributed by atoms with Crippen molar-refractivity contribution in [1.29, 1.82) is 0 Å². The van der Waals surface area contributed by atoms with Gasteiger partial charge in [-0.1, -0.05) is 18.2 Å². The second kappa shape index (κ2) is 4.10. The van der Waals surface area contributed by atoms with Crippen molar-refractivity contribution in [1.82, 2.24) is 4.98 Å². The Morgan fingerprint density at radius 2 is 2.06 bits per heavy atom. The summed E-state index contributed by atoms with van der Waals surface area (Å²) in [6, 6.07) is 9.19. The highest BCUT2D eigenvalue weighted by Crippen LogP contribution is 2.28. The van der Waals surface area contributed by atoms with Gasteiger partial charge in [-0.2, -0.15) is 0 Å². The number of nitrogens with one attached hydrogen (secondary N) is 1. The minimum absolute atomic E-state index is 0.198. The molecular weight excluding hydrogens is 204 g/mol. The molecule has 2 rings (SSSR count). The molecule has 1 aromatic heterocycles. The number of hydrogen-bond acceptors (Lipinski definition) is 3. The summed E-state index contributed by atoms with van der Waals surface area (Å²) >= 11 is 0. The van der Waals surface area contributed by atoms with E-state index in [1.165, 1.54) is 0 Å². The van der Waals surface area contributed by atoms with Crippen LogP contribution in [0.5, 0.6) is 5.75 Å². The van der Waals surface area contributed by atoms with Crippen LogP contribution in [0.1, 0.15) is 0 Å². The van der Waals surface area contributed by atoms with Crippen LogP contribution >= 0.6 is 0 Å². The number of nitrogens with two attached hydrogens (primary N) is 1. The molecule has 0 spiro atoms.